The highest BCUT2D eigenvalue weighted by Crippen LogP contribution is 2.41. The molecule has 0 aromatic carbocycles. The van der Waals surface area contributed by atoms with Crippen molar-refractivity contribution in [1.82, 2.24) is 14.6 Å². The molecule has 4 nitrogen and oxygen atoms in total. The number of fused-ring (bicyclic) bond motifs is 1. The van der Waals surface area contributed by atoms with Gasteiger partial charge in [0.15, 0.2) is 5.65 Å². The van der Waals surface area contributed by atoms with Crippen LogP contribution in [0.1, 0.15) is 31.5 Å². The lowest BCUT2D eigenvalue weighted by atomic mass is 10.1. The highest BCUT2D eigenvalue weighted by molar-refractivity contribution is 5.47. The molecule has 2 heterocycles. The minimum Gasteiger partial charge on any atom is -0.398 e. The zero-order valence-electron chi connectivity index (χ0n) is 8.72. The molecule has 15 heavy (non-hydrogen) atoms. The van der Waals surface area contributed by atoms with Gasteiger partial charge < -0.3 is 5.73 Å². The summed E-state index contributed by atoms with van der Waals surface area (Å²) in [5.74, 6) is 2.32. The SMILES string of the molecule is CC(c1nnc2ccc(N)cn12)C1CC1. The smallest absolute Gasteiger partial charge is 0.160 e. The minimum absolute atomic E-state index is 0.488. The van der Waals surface area contributed by atoms with Crippen molar-refractivity contribution in [2.24, 2.45) is 5.92 Å². The van der Waals surface area contributed by atoms with Crippen molar-refractivity contribution in [1.29, 1.82) is 0 Å². The predicted molar refractivity (Wildman–Crippen MR) is 58.5 cm³/mol. The third-order valence-corrected chi connectivity index (χ3v) is 3.19. The Hall–Kier alpha value is -1.58. The van der Waals surface area contributed by atoms with E-state index in [1.165, 1.54) is 12.8 Å². The van der Waals surface area contributed by atoms with Crippen LogP contribution in [0.3, 0.4) is 0 Å². The van der Waals surface area contributed by atoms with Crippen LogP contribution >= 0.6 is 0 Å². The van der Waals surface area contributed by atoms with Crippen molar-refractivity contribution in [3.63, 3.8) is 0 Å². The predicted octanol–water partition coefficient (Wildman–Crippen LogP) is 1.82. The van der Waals surface area contributed by atoms with Gasteiger partial charge in [-0.2, -0.15) is 0 Å². The molecule has 1 fully saturated rings. The van der Waals surface area contributed by atoms with E-state index in [4.69, 9.17) is 5.73 Å². The Balaban J connectivity index is 2.13. The van der Waals surface area contributed by atoms with E-state index in [-0.39, 0.29) is 0 Å². The molecule has 1 saturated carbocycles. The molecule has 0 spiro atoms. The van der Waals surface area contributed by atoms with Gasteiger partial charge in [-0.15, -0.1) is 10.2 Å². The van der Waals surface area contributed by atoms with Crippen molar-refractivity contribution in [2.45, 2.75) is 25.7 Å². The summed E-state index contributed by atoms with van der Waals surface area (Å²) >= 11 is 0. The van der Waals surface area contributed by atoms with Gasteiger partial charge >= 0.3 is 0 Å². The maximum absolute atomic E-state index is 5.77. The molecule has 0 bridgehead atoms. The molecule has 0 saturated heterocycles. The van der Waals surface area contributed by atoms with Gasteiger partial charge in [0, 0.05) is 17.8 Å². The van der Waals surface area contributed by atoms with E-state index in [9.17, 15) is 0 Å². The Kier molecular flexibility index (Phi) is 1.71. The number of nitrogens with two attached hydrogens (primary N) is 1. The molecular formula is C11H14N4. The summed E-state index contributed by atoms with van der Waals surface area (Å²) < 4.78 is 2.01. The van der Waals surface area contributed by atoms with E-state index in [0.717, 1.165) is 23.1 Å². The monoisotopic (exact) mass is 202 g/mol. The summed E-state index contributed by atoms with van der Waals surface area (Å²) in [6.45, 7) is 2.22. The van der Waals surface area contributed by atoms with Gasteiger partial charge in [-0.25, -0.2) is 0 Å². The summed E-state index contributed by atoms with van der Waals surface area (Å²) in [6, 6.07) is 3.76. The summed E-state index contributed by atoms with van der Waals surface area (Å²) in [6.07, 6.45) is 4.54. The second kappa shape index (κ2) is 2.95. The normalized spacial score (nSPS) is 18.2. The van der Waals surface area contributed by atoms with Crippen LogP contribution in [0.5, 0.6) is 0 Å². The van der Waals surface area contributed by atoms with Crippen LogP contribution in [0, 0.1) is 5.92 Å². The van der Waals surface area contributed by atoms with Crippen molar-refractivity contribution in [3.8, 4) is 0 Å². The Labute approximate surface area is 88.1 Å². The largest absolute Gasteiger partial charge is 0.398 e. The number of rotatable bonds is 2. The zero-order chi connectivity index (χ0) is 10.4. The number of nitrogens with zero attached hydrogens (tertiary/aromatic N) is 3. The lowest BCUT2D eigenvalue weighted by Crippen LogP contribution is -2.03. The Morgan fingerprint density at radius 2 is 2.20 bits per heavy atom. The van der Waals surface area contributed by atoms with Crippen LogP contribution in [0.2, 0.25) is 0 Å². The fraction of sp³-hybridized carbons (Fsp3) is 0.455. The second-order valence-corrected chi connectivity index (χ2v) is 4.37. The lowest BCUT2D eigenvalue weighted by Gasteiger charge is -2.07. The number of aromatic nitrogens is 3. The Morgan fingerprint density at radius 1 is 1.40 bits per heavy atom. The van der Waals surface area contributed by atoms with Gasteiger partial charge in [0.25, 0.3) is 0 Å². The summed E-state index contributed by atoms with van der Waals surface area (Å²) in [5, 5.41) is 8.40. The average molecular weight is 202 g/mol. The first-order chi connectivity index (χ1) is 7.25. The van der Waals surface area contributed by atoms with Gasteiger partial charge in [-0.1, -0.05) is 6.92 Å². The quantitative estimate of drug-likeness (QED) is 0.808. The van der Waals surface area contributed by atoms with Crippen LogP contribution in [0.25, 0.3) is 5.65 Å². The van der Waals surface area contributed by atoms with Gasteiger partial charge in [-0.3, -0.25) is 4.40 Å². The second-order valence-electron chi connectivity index (χ2n) is 4.37. The number of hydrogen-bond acceptors (Lipinski definition) is 3. The molecule has 0 radical (unpaired) electrons. The molecule has 1 aliphatic rings. The van der Waals surface area contributed by atoms with Gasteiger partial charge in [0.2, 0.25) is 0 Å². The molecule has 2 aromatic heterocycles. The molecule has 1 atom stereocenters. The summed E-state index contributed by atoms with van der Waals surface area (Å²) in [5.41, 5.74) is 7.40. The van der Waals surface area contributed by atoms with E-state index < -0.39 is 0 Å². The standard InChI is InChI=1S/C11H14N4/c1-7(8-2-3-8)11-14-13-10-5-4-9(12)6-15(10)11/h4-8H,2-3,12H2,1H3. The van der Waals surface area contributed by atoms with Crippen molar-refractivity contribution in [2.75, 3.05) is 5.73 Å². The molecule has 4 heteroatoms. The maximum Gasteiger partial charge on any atom is 0.160 e. The number of anilines is 1. The summed E-state index contributed by atoms with van der Waals surface area (Å²) in [4.78, 5) is 0. The molecule has 0 aliphatic heterocycles. The molecule has 0 amide bonds. The first kappa shape index (κ1) is 8.71. The van der Waals surface area contributed by atoms with Gasteiger partial charge in [0.05, 0.1) is 0 Å². The average Bonchev–Trinajstić information content (AvgIpc) is 2.98. The molecule has 1 unspecified atom stereocenters. The Morgan fingerprint density at radius 3 is 2.93 bits per heavy atom. The van der Waals surface area contributed by atoms with Crippen LogP contribution < -0.4 is 5.73 Å². The van der Waals surface area contributed by atoms with Crippen LogP contribution in [0.15, 0.2) is 18.3 Å². The van der Waals surface area contributed by atoms with Crippen molar-refractivity contribution < 1.29 is 0 Å². The highest BCUT2D eigenvalue weighted by atomic mass is 15.2. The lowest BCUT2D eigenvalue weighted by molar-refractivity contribution is 0.613. The molecule has 2 N–H and O–H groups in total. The van der Waals surface area contributed by atoms with E-state index in [0.29, 0.717) is 5.92 Å². The fourth-order valence-corrected chi connectivity index (χ4v) is 2.04. The molecule has 3 rings (SSSR count). The van der Waals surface area contributed by atoms with Gasteiger partial charge in [-0.05, 0) is 30.9 Å². The van der Waals surface area contributed by atoms with Crippen LogP contribution in [-0.4, -0.2) is 14.6 Å². The fourth-order valence-electron chi connectivity index (χ4n) is 2.04. The first-order valence-corrected chi connectivity index (χ1v) is 5.36. The zero-order valence-corrected chi connectivity index (χ0v) is 8.72. The van der Waals surface area contributed by atoms with Crippen LogP contribution in [-0.2, 0) is 0 Å². The summed E-state index contributed by atoms with van der Waals surface area (Å²) in [7, 11) is 0. The molecule has 2 aromatic rings. The molecular weight excluding hydrogens is 188 g/mol. The van der Waals surface area contributed by atoms with Gasteiger partial charge in [0.1, 0.15) is 5.82 Å². The van der Waals surface area contributed by atoms with Crippen molar-refractivity contribution in [3.05, 3.63) is 24.2 Å². The van der Waals surface area contributed by atoms with E-state index in [1.807, 2.05) is 22.7 Å². The topological polar surface area (TPSA) is 56.2 Å². The third kappa shape index (κ3) is 1.37. The minimum atomic E-state index is 0.488. The third-order valence-electron chi connectivity index (χ3n) is 3.19. The molecule has 1 aliphatic carbocycles. The number of pyridine rings is 1. The molecule has 78 valence electrons. The van der Waals surface area contributed by atoms with Crippen molar-refractivity contribution >= 4 is 11.3 Å². The van der Waals surface area contributed by atoms with Crippen LogP contribution in [0.4, 0.5) is 5.69 Å². The highest BCUT2D eigenvalue weighted by Gasteiger charge is 2.31. The number of nitrogen functional groups attached to an aromatic ring is 1. The first-order valence-electron chi connectivity index (χ1n) is 5.36. The van der Waals surface area contributed by atoms with E-state index in [2.05, 4.69) is 17.1 Å². The maximum atomic E-state index is 5.77. The number of hydrogen-bond donors (Lipinski definition) is 1. The Bertz CT molecular complexity index is 498. The van der Waals surface area contributed by atoms with E-state index in [1.54, 1.807) is 0 Å². The van der Waals surface area contributed by atoms with E-state index >= 15 is 0 Å².